The van der Waals surface area contributed by atoms with Crippen molar-refractivity contribution in [3.05, 3.63) is 34.9 Å². The highest BCUT2D eigenvalue weighted by molar-refractivity contribution is 6.30. The van der Waals surface area contributed by atoms with E-state index in [1.165, 1.54) is 6.42 Å². The summed E-state index contributed by atoms with van der Waals surface area (Å²) in [6, 6.07) is 7.46. The van der Waals surface area contributed by atoms with Crippen LogP contribution in [0.4, 0.5) is 0 Å². The van der Waals surface area contributed by atoms with E-state index < -0.39 is 0 Å². The quantitative estimate of drug-likeness (QED) is 0.854. The molecular formula is C15H22ClNO. The summed E-state index contributed by atoms with van der Waals surface area (Å²) >= 11 is 5.83. The molecular weight excluding hydrogens is 246 g/mol. The second-order valence-electron chi connectivity index (χ2n) is 5.59. The van der Waals surface area contributed by atoms with Crippen molar-refractivity contribution >= 4 is 11.6 Å². The minimum Gasteiger partial charge on any atom is -0.388 e. The van der Waals surface area contributed by atoms with Gasteiger partial charge in [-0.2, -0.15) is 0 Å². The van der Waals surface area contributed by atoms with Gasteiger partial charge in [-0.25, -0.2) is 0 Å². The topological polar surface area (TPSA) is 23.5 Å². The van der Waals surface area contributed by atoms with E-state index in [2.05, 4.69) is 18.9 Å². The highest BCUT2D eigenvalue weighted by Gasteiger charge is 2.32. The van der Waals surface area contributed by atoms with E-state index in [9.17, 15) is 5.11 Å². The van der Waals surface area contributed by atoms with Crippen LogP contribution in [-0.4, -0.2) is 30.1 Å². The van der Waals surface area contributed by atoms with Gasteiger partial charge < -0.3 is 10.0 Å². The predicted molar refractivity (Wildman–Crippen MR) is 75.8 cm³/mol. The van der Waals surface area contributed by atoms with Crippen LogP contribution in [0.2, 0.25) is 5.02 Å². The number of rotatable bonds is 6. The summed E-state index contributed by atoms with van der Waals surface area (Å²) in [6.07, 6.45) is 1.75. The Morgan fingerprint density at radius 2 is 2.00 bits per heavy atom. The minimum atomic E-state index is -0.388. The molecule has 0 radical (unpaired) electrons. The predicted octanol–water partition coefficient (Wildman–Crippen LogP) is 3.35. The van der Waals surface area contributed by atoms with E-state index in [4.69, 9.17) is 11.6 Å². The number of aliphatic hydroxyl groups excluding tert-OH is 1. The van der Waals surface area contributed by atoms with Crippen LogP contribution in [0.15, 0.2) is 24.3 Å². The average Bonchev–Trinajstić information content (AvgIpc) is 3.02. The molecule has 0 amide bonds. The first kappa shape index (κ1) is 13.9. The Labute approximate surface area is 115 Å². The van der Waals surface area contributed by atoms with Crippen molar-refractivity contribution in [2.24, 2.45) is 11.8 Å². The van der Waals surface area contributed by atoms with Gasteiger partial charge in [-0.05, 0) is 49.4 Å². The molecule has 1 aromatic rings. The molecule has 1 aromatic carbocycles. The van der Waals surface area contributed by atoms with Gasteiger partial charge in [0.05, 0.1) is 6.10 Å². The smallest absolute Gasteiger partial charge is 0.0802 e. The Balaban J connectivity index is 1.73. The van der Waals surface area contributed by atoms with Crippen LogP contribution in [-0.2, 0) is 0 Å². The first-order valence-electron chi connectivity index (χ1n) is 6.68. The van der Waals surface area contributed by atoms with Gasteiger partial charge in [0.2, 0.25) is 0 Å². The molecule has 0 spiro atoms. The molecule has 0 saturated heterocycles. The number of hydrogen-bond acceptors (Lipinski definition) is 2. The van der Waals surface area contributed by atoms with Crippen molar-refractivity contribution in [3.63, 3.8) is 0 Å². The Kier molecular flexibility index (Phi) is 4.66. The summed E-state index contributed by atoms with van der Waals surface area (Å²) in [5, 5.41) is 10.8. The van der Waals surface area contributed by atoms with E-state index in [0.29, 0.717) is 5.02 Å². The maximum Gasteiger partial charge on any atom is 0.0802 e. The lowest BCUT2D eigenvalue weighted by Gasteiger charge is -2.19. The molecule has 3 heteroatoms. The van der Waals surface area contributed by atoms with Gasteiger partial charge in [-0.15, -0.1) is 0 Å². The molecule has 1 aliphatic rings. The molecule has 100 valence electrons. The lowest BCUT2D eigenvalue weighted by Crippen LogP contribution is -2.24. The number of halogens is 1. The summed E-state index contributed by atoms with van der Waals surface area (Å²) in [5.74, 6) is 1.77. The summed E-state index contributed by atoms with van der Waals surface area (Å²) in [4.78, 5) is 2.33. The van der Waals surface area contributed by atoms with Crippen molar-refractivity contribution in [1.82, 2.24) is 4.90 Å². The molecule has 1 fully saturated rings. The lowest BCUT2D eigenvalue weighted by molar-refractivity contribution is 0.147. The number of aliphatic hydroxyl groups is 1. The maximum atomic E-state index is 10.1. The first-order valence-corrected chi connectivity index (χ1v) is 7.06. The van der Waals surface area contributed by atoms with Gasteiger partial charge in [0, 0.05) is 18.1 Å². The molecule has 2 rings (SSSR count). The van der Waals surface area contributed by atoms with E-state index in [1.54, 1.807) is 0 Å². The molecule has 1 saturated carbocycles. The van der Waals surface area contributed by atoms with E-state index >= 15 is 0 Å². The molecule has 1 N–H and O–H groups in total. The second kappa shape index (κ2) is 6.05. The third kappa shape index (κ3) is 3.98. The van der Waals surface area contributed by atoms with Crippen LogP contribution in [0.25, 0.3) is 0 Å². The van der Waals surface area contributed by atoms with Crippen molar-refractivity contribution in [2.45, 2.75) is 25.9 Å². The van der Waals surface area contributed by atoms with Crippen molar-refractivity contribution in [1.29, 1.82) is 0 Å². The number of benzene rings is 1. The number of hydrogen-bond donors (Lipinski definition) is 1. The van der Waals surface area contributed by atoms with Gasteiger partial charge in [0.15, 0.2) is 0 Å². The van der Waals surface area contributed by atoms with Crippen LogP contribution in [0.5, 0.6) is 0 Å². The normalized spacial score (nSPS) is 24.3. The van der Waals surface area contributed by atoms with Crippen molar-refractivity contribution in [2.75, 3.05) is 20.1 Å². The zero-order chi connectivity index (χ0) is 13.1. The SMILES string of the molecule is CC1CC1CN(C)CCC(O)c1ccc(Cl)cc1. The Bertz CT molecular complexity index is 379. The fourth-order valence-electron chi connectivity index (χ4n) is 2.34. The van der Waals surface area contributed by atoms with Gasteiger partial charge in [0.1, 0.15) is 0 Å². The first-order chi connectivity index (χ1) is 8.56. The van der Waals surface area contributed by atoms with Crippen LogP contribution in [0.3, 0.4) is 0 Å². The molecule has 2 nitrogen and oxygen atoms in total. The van der Waals surface area contributed by atoms with Gasteiger partial charge in [-0.1, -0.05) is 30.7 Å². The van der Waals surface area contributed by atoms with Crippen LogP contribution in [0, 0.1) is 11.8 Å². The van der Waals surface area contributed by atoms with Crippen molar-refractivity contribution < 1.29 is 5.11 Å². The fourth-order valence-corrected chi connectivity index (χ4v) is 2.47. The second-order valence-corrected chi connectivity index (χ2v) is 6.03. The van der Waals surface area contributed by atoms with E-state index in [1.807, 2.05) is 24.3 Å². The third-order valence-electron chi connectivity index (χ3n) is 3.86. The molecule has 0 bridgehead atoms. The van der Waals surface area contributed by atoms with E-state index in [0.717, 1.165) is 36.9 Å². The van der Waals surface area contributed by atoms with Gasteiger partial charge in [0.25, 0.3) is 0 Å². The highest BCUT2D eigenvalue weighted by Crippen LogP contribution is 2.38. The molecule has 0 heterocycles. The van der Waals surface area contributed by atoms with Gasteiger partial charge in [-0.3, -0.25) is 0 Å². The molecule has 0 aromatic heterocycles. The summed E-state index contributed by atoms with van der Waals surface area (Å²) in [7, 11) is 2.14. The van der Waals surface area contributed by atoms with E-state index in [-0.39, 0.29) is 6.10 Å². The largest absolute Gasteiger partial charge is 0.388 e. The monoisotopic (exact) mass is 267 g/mol. The van der Waals surface area contributed by atoms with Crippen LogP contribution >= 0.6 is 11.6 Å². The minimum absolute atomic E-state index is 0.388. The Morgan fingerprint density at radius 1 is 1.39 bits per heavy atom. The zero-order valence-electron chi connectivity index (χ0n) is 11.1. The highest BCUT2D eigenvalue weighted by atomic mass is 35.5. The zero-order valence-corrected chi connectivity index (χ0v) is 11.9. The molecule has 1 aliphatic carbocycles. The van der Waals surface area contributed by atoms with Crippen molar-refractivity contribution in [3.8, 4) is 0 Å². The summed E-state index contributed by atoms with van der Waals surface area (Å²) < 4.78 is 0. The fraction of sp³-hybridized carbons (Fsp3) is 0.600. The molecule has 0 aliphatic heterocycles. The van der Waals surface area contributed by atoms with Crippen LogP contribution < -0.4 is 0 Å². The Hall–Kier alpha value is -0.570. The van der Waals surface area contributed by atoms with Gasteiger partial charge >= 0.3 is 0 Å². The third-order valence-corrected chi connectivity index (χ3v) is 4.11. The molecule has 3 unspecified atom stereocenters. The standard InChI is InChI=1S/C15H22ClNO/c1-11-9-13(11)10-17(2)8-7-15(18)12-3-5-14(16)6-4-12/h3-6,11,13,15,18H,7-10H2,1-2H3. The summed E-state index contributed by atoms with van der Waals surface area (Å²) in [6.45, 7) is 4.41. The lowest BCUT2D eigenvalue weighted by atomic mass is 10.1. The number of nitrogens with zero attached hydrogens (tertiary/aromatic N) is 1. The Morgan fingerprint density at radius 3 is 2.56 bits per heavy atom. The summed E-state index contributed by atoms with van der Waals surface area (Å²) in [5.41, 5.74) is 0.951. The maximum absolute atomic E-state index is 10.1. The average molecular weight is 268 g/mol. The molecule has 3 atom stereocenters. The molecule has 18 heavy (non-hydrogen) atoms. The van der Waals surface area contributed by atoms with Crippen LogP contribution in [0.1, 0.15) is 31.4 Å².